The molecule has 0 bridgehead atoms. The number of aliphatic hydroxyl groups excluding tert-OH is 2. The van der Waals surface area contributed by atoms with Crippen LogP contribution in [0.3, 0.4) is 0 Å². The van der Waals surface area contributed by atoms with Gasteiger partial charge in [-0.15, -0.1) is 11.6 Å². The maximum absolute atomic E-state index is 12.6. The number of rotatable bonds is 29. The Morgan fingerprint density at radius 2 is 1.56 bits per heavy atom. The maximum Gasteiger partial charge on any atom is 0.338 e. The van der Waals surface area contributed by atoms with Crippen molar-refractivity contribution < 1.29 is 34.0 Å². The Hall–Kier alpha value is -2.35. The average Bonchev–Trinajstić information content (AvgIpc) is 3.41. The van der Waals surface area contributed by atoms with E-state index in [0.29, 0.717) is 31.4 Å². The lowest BCUT2D eigenvalue weighted by molar-refractivity contribution is -0.146. The third kappa shape index (κ3) is 16.8. The molecule has 2 fully saturated rings. The predicted octanol–water partition coefficient (Wildman–Crippen LogP) is 11.5. The molecule has 0 radical (unpaired) electrons. The predicted molar refractivity (Wildman–Crippen MR) is 220 cm³/mol. The Morgan fingerprint density at radius 1 is 0.907 bits per heavy atom. The summed E-state index contributed by atoms with van der Waals surface area (Å²) in [5.74, 6) is 0.0643. The normalized spacial score (nSPS) is 22.0. The standard InChI is InChI=1S/C46H73ClO7/c1-4-6-7-8-9-10-11-12-13-14-17-20-33-52-38-29-27-37(28-30-38)45(51)54-36(3)35-53-44(50)26-19-16-15-18-23-39-40(42(48)34-41(39)47)24-21-25-43(49)46(5-2)31-22-32-46/h15,18,21,24,27-30,36,39-43,48-49H,4-14,16-17,19-20,22-23,25-26,31-35H2,1-3H3/b18-15-,24-21+/t36-,39-,40-,41-,42-,43+/m1/s1. The van der Waals surface area contributed by atoms with Gasteiger partial charge in [0.1, 0.15) is 18.5 Å². The zero-order valence-electron chi connectivity index (χ0n) is 33.9. The molecule has 0 spiro atoms. The van der Waals surface area contributed by atoms with Crippen LogP contribution in [0, 0.1) is 17.3 Å². The molecule has 0 unspecified atom stereocenters. The third-order valence-electron chi connectivity index (χ3n) is 11.8. The zero-order chi connectivity index (χ0) is 39.0. The Labute approximate surface area is 332 Å². The van der Waals surface area contributed by atoms with Crippen molar-refractivity contribution in [2.75, 3.05) is 13.2 Å². The zero-order valence-corrected chi connectivity index (χ0v) is 34.6. The van der Waals surface area contributed by atoms with Crippen molar-refractivity contribution in [1.29, 1.82) is 0 Å². The van der Waals surface area contributed by atoms with Crippen molar-refractivity contribution in [3.05, 3.63) is 54.1 Å². The number of unbranched alkanes of at least 4 members (excludes halogenated alkanes) is 12. The Balaban J connectivity index is 1.21. The van der Waals surface area contributed by atoms with Gasteiger partial charge in [-0.25, -0.2) is 4.79 Å². The van der Waals surface area contributed by atoms with E-state index >= 15 is 0 Å². The van der Waals surface area contributed by atoms with E-state index in [0.717, 1.165) is 44.3 Å². The lowest BCUT2D eigenvalue weighted by atomic mass is 9.63. The molecule has 0 amide bonds. The summed E-state index contributed by atoms with van der Waals surface area (Å²) in [6, 6.07) is 6.99. The van der Waals surface area contributed by atoms with E-state index in [1.807, 2.05) is 6.08 Å². The number of hydrogen-bond donors (Lipinski definition) is 2. The van der Waals surface area contributed by atoms with Crippen LogP contribution >= 0.6 is 11.6 Å². The van der Waals surface area contributed by atoms with Gasteiger partial charge in [-0.1, -0.05) is 115 Å². The van der Waals surface area contributed by atoms with Crippen LogP contribution in [-0.4, -0.2) is 59.1 Å². The molecule has 0 heterocycles. The van der Waals surface area contributed by atoms with Gasteiger partial charge >= 0.3 is 11.9 Å². The Kier molecular flexibility index (Phi) is 22.6. The number of allylic oxidation sites excluding steroid dienone is 2. The van der Waals surface area contributed by atoms with E-state index < -0.39 is 18.2 Å². The molecule has 2 N–H and O–H groups in total. The van der Waals surface area contributed by atoms with Crippen LogP contribution in [0.15, 0.2) is 48.6 Å². The molecule has 8 heteroatoms. The molecule has 1 aromatic carbocycles. The summed E-state index contributed by atoms with van der Waals surface area (Å²) in [5, 5.41) is 21.3. The van der Waals surface area contributed by atoms with Crippen LogP contribution in [0.1, 0.15) is 172 Å². The maximum atomic E-state index is 12.6. The highest BCUT2D eigenvalue weighted by atomic mass is 35.5. The van der Waals surface area contributed by atoms with Crippen molar-refractivity contribution in [1.82, 2.24) is 0 Å². The summed E-state index contributed by atoms with van der Waals surface area (Å²) in [5.41, 5.74) is 0.502. The highest BCUT2D eigenvalue weighted by molar-refractivity contribution is 6.21. The molecule has 2 aliphatic rings. The molecule has 0 aliphatic heterocycles. The van der Waals surface area contributed by atoms with Crippen LogP contribution in [0.25, 0.3) is 0 Å². The van der Waals surface area contributed by atoms with Gasteiger partial charge in [0.15, 0.2) is 0 Å². The number of halogens is 1. The van der Waals surface area contributed by atoms with Crippen molar-refractivity contribution in [2.45, 2.75) is 186 Å². The van der Waals surface area contributed by atoms with E-state index in [9.17, 15) is 19.8 Å². The number of carbonyl (C=O) groups is 2. The minimum atomic E-state index is -0.565. The molecule has 7 nitrogen and oxygen atoms in total. The van der Waals surface area contributed by atoms with E-state index in [-0.39, 0.29) is 47.7 Å². The van der Waals surface area contributed by atoms with Crippen LogP contribution < -0.4 is 4.74 Å². The minimum Gasteiger partial charge on any atom is -0.494 e. The third-order valence-corrected chi connectivity index (χ3v) is 12.3. The second-order valence-corrected chi connectivity index (χ2v) is 16.6. The highest BCUT2D eigenvalue weighted by Gasteiger charge is 2.42. The van der Waals surface area contributed by atoms with Gasteiger partial charge in [-0.3, -0.25) is 4.79 Å². The van der Waals surface area contributed by atoms with Crippen molar-refractivity contribution in [3.63, 3.8) is 0 Å². The van der Waals surface area contributed by atoms with E-state index in [2.05, 4.69) is 32.1 Å². The number of benzene rings is 1. The topological polar surface area (TPSA) is 102 Å². The number of hydrogen-bond acceptors (Lipinski definition) is 7. The molecule has 0 saturated heterocycles. The summed E-state index contributed by atoms with van der Waals surface area (Å²) in [7, 11) is 0. The Bertz CT molecular complexity index is 1220. The molecule has 6 atom stereocenters. The molecule has 2 saturated carbocycles. The minimum absolute atomic E-state index is 0.00708. The van der Waals surface area contributed by atoms with Crippen molar-refractivity contribution in [2.24, 2.45) is 17.3 Å². The van der Waals surface area contributed by atoms with Crippen LogP contribution in [0.4, 0.5) is 0 Å². The highest BCUT2D eigenvalue weighted by Crippen LogP contribution is 2.48. The summed E-state index contributed by atoms with van der Waals surface area (Å²) in [6.07, 6.45) is 30.6. The molecule has 0 aromatic heterocycles. The summed E-state index contributed by atoms with van der Waals surface area (Å²) in [4.78, 5) is 24.9. The van der Waals surface area contributed by atoms with Crippen molar-refractivity contribution >= 4 is 23.5 Å². The van der Waals surface area contributed by atoms with E-state index in [4.69, 9.17) is 25.8 Å². The first-order chi connectivity index (χ1) is 26.2. The van der Waals surface area contributed by atoms with Crippen LogP contribution in [0.5, 0.6) is 5.75 Å². The number of aliphatic hydroxyl groups is 2. The lowest BCUT2D eigenvalue weighted by Gasteiger charge is -2.45. The fourth-order valence-corrected chi connectivity index (χ4v) is 8.41. The number of esters is 2. The number of alkyl halides is 1. The second-order valence-electron chi connectivity index (χ2n) is 16.1. The monoisotopic (exact) mass is 773 g/mol. The molecule has 54 heavy (non-hydrogen) atoms. The lowest BCUT2D eigenvalue weighted by Crippen LogP contribution is -2.40. The molecule has 306 valence electrons. The number of ether oxygens (including phenoxy) is 3. The summed E-state index contributed by atoms with van der Waals surface area (Å²) >= 11 is 6.63. The van der Waals surface area contributed by atoms with Crippen molar-refractivity contribution in [3.8, 4) is 5.75 Å². The smallest absolute Gasteiger partial charge is 0.338 e. The summed E-state index contributed by atoms with van der Waals surface area (Å²) < 4.78 is 16.7. The van der Waals surface area contributed by atoms with E-state index in [1.54, 1.807) is 31.2 Å². The van der Waals surface area contributed by atoms with Crippen LogP contribution in [-0.2, 0) is 14.3 Å². The molecular formula is C46H73ClO7. The van der Waals surface area contributed by atoms with Gasteiger partial charge in [0.2, 0.25) is 0 Å². The van der Waals surface area contributed by atoms with Gasteiger partial charge < -0.3 is 24.4 Å². The molecule has 1 aromatic rings. The fraction of sp³-hybridized carbons (Fsp3) is 0.739. The first kappa shape index (κ1) is 46.0. The first-order valence-corrected chi connectivity index (χ1v) is 22.0. The van der Waals surface area contributed by atoms with Gasteiger partial charge in [0.25, 0.3) is 0 Å². The van der Waals surface area contributed by atoms with Gasteiger partial charge in [-0.05, 0) is 100 Å². The summed E-state index contributed by atoms with van der Waals surface area (Å²) in [6.45, 7) is 6.81. The SMILES string of the molecule is CCCCCCCCCCCCCCOc1ccc(C(=O)O[C@H](C)COC(=O)CCC/C=C\C[C@@H]2[C@@H](/C=C/C[C@H](O)C3(CC)CCC3)[C@H](O)C[C@H]2Cl)cc1. The van der Waals surface area contributed by atoms with E-state index in [1.165, 1.54) is 77.0 Å². The number of carbonyl (C=O) groups excluding carboxylic acids is 2. The average molecular weight is 774 g/mol. The quantitative estimate of drug-likeness (QED) is 0.0362. The first-order valence-electron chi connectivity index (χ1n) is 21.6. The molecular weight excluding hydrogens is 700 g/mol. The van der Waals surface area contributed by atoms with Crippen LogP contribution in [0.2, 0.25) is 0 Å². The second kappa shape index (κ2) is 26.5. The van der Waals surface area contributed by atoms with Gasteiger partial charge in [0, 0.05) is 17.7 Å². The van der Waals surface area contributed by atoms with Gasteiger partial charge in [-0.2, -0.15) is 0 Å². The Morgan fingerprint density at radius 3 is 2.17 bits per heavy atom. The molecule has 3 rings (SSSR count). The fourth-order valence-electron chi connectivity index (χ4n) is 7.96. The largest absolute Gasteiger partial charge is 0.494 e. The van der Waals surface area contributed by atoms with Gasteiger partial charge in [0.05, 0.1) is 24.4 Å². The molecule has 2 aliphatic carbocycles.